The van der Waals surface area contributed by atoms with Crippen molar-refractivity contribution < 1.29 is 24.2 Å². The molecule has 1 atom stereocenters. The van der Waals surface area contributed by atoms with Gasteiger partial charge in [-0.15, -0.1) is 0 Å². The Hall–Kier alpha value is -2.57. The highest BCUT2D eigenvalue weighted by atomic mass is 16.6. The summed E-state index contributed by atoms with van der Waals surface area (Å²) < 4.78 is 5.21. The molecular weight excluding hydrogens is 288 g/mol. The maximum absolute atomic E-state index is 12.1. The zero-order valence-electron chi connectivity index (χ0n) is 12.0. The number of carbonyl (C=O) groups excluding carboxylic acids is 2. The van der Waals surface area contributed by atoms with Crippen molar-refractivity contribution in [3.05, 3.63) is 35.9 Å². The normalized spacial score (nSPS) is 17.1. The molecule has 1 heterocycles. The molecule has 0 unspecified atom stereocenters. The summed E-state index contributed by atoms with van der Waals surface area (Å²) in [4.78, 5) is 35.8. The van der Waals surface area contributed by atoms with Gasteiger partial charge in [0.15, 0.2) is 0 Å². The second-order valence-electron chi connectivity index (χ2n) is 5.00. The smallest absolute Gasteiger partial charge is 0.410 e. The number of nitrogens with one attached hydrogen (secondary N) is 1. The zero-order chi connectivity index (χ0) is 15.9. The molecule has 22 heavy (non-hydrogen) atoms. The number of rotatable bonds is 5. The third-order valence-corrected chi connectivity index (χ3v) is 3.41. The number of carboxylic acid groups (broad SMARTS) is 1. The minimum absolute atomic E-state index is 0.139. The fourth-order valence-electron chi connectivity index (χ4n) is 2.34. The van der Waals surface area contributed by atoms with Crippen LogP contribution in [0, 0.1) is 0 Å². The Balaban J connectivity index is 1.87. The molecule has 0 aliphatic carbocycles. The van der Waals surface area contributed by atoms with Crippen LogP contribution in [-0.2, 0) is 20.9 Å². The second kappa shape index (κ2) is 7.44. The van der Waals surface area contributed by atoms with Gasteiger partial charge in [0, 0.05) is 6.54 Å². The average molecular weight is 306 g/mol. The van der Waals surface area contributed by atoms with E-state index in [1.54, 1.807) is 0 Å². The van der Waals surface area contributed by atoms with Gasteiger partial charge < -0.3 is 15.2 Å². The van der Waals surface area contributed by atoms with Crippen LogP contribution in [0.3, 0.4) is 0 Å². The van der Waals surface area contributed by atoms with Gasteiger partial charge in [-0.25, -0.2) is 4.79 Å². The number of likely N-dealkylation sites (tertiary alicyclic amines) is 1. The number of hydrogen-bond acceptors (Lipinski definition) is 4. The van der Waals surface area contributed by atoms with Crippen LogP contribution in [0.1, 0.15) is 18.4 Å². The molecule has 118 valence electrons. The summed E-state index contributed by atoms with van der Waals surface area (Å²) >= 11 is 0. The van der Waals surface area contributed by atoms with Gasteiger partial charge in [0.1, 0.15) is 19.2 Å². The van der Waals surface area contributed by atoms with Gasteiger partial charge in [-0.05, 0) is 18.4 Å². The fourth-order valence-corrected chi connectivity index (χ4v) is 2.34. The lowest BCUT2D eigenvalue weighted by Gasteiger charge is -2.23. The highest BCUT2D eigenvalue weighted by Gasteiger charge is 2.35. The molecule has 0 spiro atoms. The lowest BCUT2D eigenvalue weighted by atomic mass is 10.2. The minimum atomic E-state index is -1.12. The zero-order valence-corrected chi connectivity index (χ0v) is 12.0. The summed E-state index contributed by atoms with van der Waals surface area (Å²) in [5.74, 6) is -1.58. The Morgan fingerprint density at radius 1 is 1.27 bits per heavy atom. The van der Waals surface area contributed by atoms with Crippen LogP contribution in [-0.4, -0.2) is 47.1 Å². The monoisotopic (exact) mass is 306 g/mol. The van der Waals surface area contributed by atoms with E-state index in [9.17, 15) is 14.4 Å². The van der Waals surface area contributed by atoms with Crippen LogP contribution in [0.15, 0.2) is 30.3 Å². The van der Waals surface area contributed by atoms with Crippen LogP contribution in [0.2, 0.25) is 0 Å². The van der Waals surface area contributed by atoms with Crippen molar-refractivity contribution >= 4 is 18.0 Å². The van der Waals surface area contributed by atoms with Crippen molar-refractivity contribution in [2.45, 2.75) is 25.5 Å². The van der Waals surface area contributed by atoms with Crippen molar-refractivity contribution in [1.82, 2.24) is 10.2 Å². The third-order valence-electron chi connectivity index (χ3n) is 3.41. The van der Waals surface area contributed by atoms with E-state index >= 15 is 0 Å². The van der Waals surface area contributed by atoms with Crippen molar-refractivity contribution in [3.8, 4) is 0 Å². The van der Waals surface area contributed by atoms with Crippen LogP contribution in [0.25, 0.3) is 0 Å². The first-order chi connectivity index (χ1) is 10.6. The van der Waals surface area contributed by atoms with E-state index in [2.05, 4.69) is 5.32 Å². The molecule has 0 bridgehead atoms. The maximum Gasteiger partial charge on any atom is 0.410 e. The van der Waals surface area contributed by atoms with Crippen LogP contribution < -0.4 is 5.32 Å². The molecule has 2 amide bonds. The number of aliphatic carboxylic acids is 1. The second-order valence-corrected chi connectivity index (χ2v) is 5.00. The van der Waals surface area contributed by atoms with Gasteiger partial charge in [0.25, 0.3) is 0 Å². The predicted octanol–water partition coefficient (Wildman–Crippen LogP) is 0.988. The van der Waals surface area contributed by atoms with Gasteiger partial charge in [0.2, 0.25) is 5.91 Å². The molecule has 1 aliphatic heterocycles. The van der Waals surface area contributed by atoms with Gasteiger partial charge in [-0.1, -0.05) is 30.3 Å². The van der Waals surface area contributed by atoms with E-state index in [0.29, 0.717) is 19.4 Å². The summed E-state index contributed by atoms with van der Waals surface area (Å²) in [7, 11) is 0. The van der Waals surface area contributed by atoms with Crippen molar-refractivity contribution in [2.75, 3.05) is 13.1 Å². The van der Waals surface area contributed by atoms with Gasteiger partial charge in [-0.3, -0.25) is 14.5 Å². The minimum Gasteiger partial charge on any atom is -0.480 e. The van der Waals surface area contributed by atoms with E-state index in [1.165, 1.54) is 4.90 Å². The first-order valence-electron chi connectivity index (χ1n) is 7.05. The molecule has 0 radical (unpaired) electrons. The predicted molar refractivity (Wildman–Crippen MR) is 77.0 cm³/mol. The SMILES string of the molecule is O=C(O)CNC(=O)[C@H]1CCCN1C(=O)OCc1ccccc1. The number of nitrogens with zero attached hydrogens (tertiary/aromatic N) is 1. The summed E-state index contributed by atoms with van der Waals surface area (Å²) in [5.41, 5.74) is 0.863. The number of ether oxygens (including phenoxy) is 1. The van der Waals surface area contributed by atoms with Crippen LogP contribution in [0.5, 0.6) is 0 Å². The number of hydrogen-bond donors (Lipinski definition) is 2. The largest absolute Gasteiger partial charge is 0.480 e. The summed E-state index contributed by atoms with van der Waals surface area (Å²) in [6.07, 6.45) is 0.633. The Morgan fingerprint density at radius 2 is 2.00 bits per heavy atom. The Bertz CT molecular complexity index is 546. The maximum atomic E-state index is 12.1. The average Bonchev–Trinajstić information content (AvgIpc) is 3.01. The Kier molecular flexibility index (Phi) is 5.35. The van der Waals surface area contributed by atoms with Gasteiger partial charge in [0.05, 0.1) is 0 Å². The van der Waals surface area contributed by atoms with Crippen molar-refractivity contribution in [1.29, 1.82) is 0 Å². The number of carboxylic acids is 1. The highest BCUT2D eigenvalue weighted by Crippen LogP contribution is 2.19. The topological polar surface area (TPSA) is 95.9 Å². The molecule has 2 N–H and O–H groups in total. The van der Waals surface area contributed by atoms with E-state index in [4.69, 9.17) is 9.84 Å². The molecule has 1 fully saturated rings. The van der Waals surface area contributed by atoms with E-state index in [0.717, 1.165) is 5.56 Å². The van der Waals surface area contributed by atoms with E-state index in [1.807, 2.05) is 30.3 Å². The molecule has 1 aromatic rings. The number of amides is 2. The molecule has 7 nitrogen and oxygen atoms in total. The molecule has 1 aromatic carbocycles. The van der Waals surface area contributed by atoms with Gasteiger partial charge >= 0.3 is 12.1 Å². The van der Waals surface area contributed by atoms with Crippen molar-refractivity contribution in [2.24, 2.45) is 0 Å². The molecule has 0 aromatic heterocycles. The molecule has 0 saturated carbocycles. The lowest BCUT2D eigenvalue weighted by molar-refractivity contribution is -0.138. The quantitative estimate of drug-likeness (QED) is 0.845. The summed E-state index contributed by atoms with van der Waals surface area (Å²) in [5, 5.41) is 10.9. The fraction of sp³-hybridized carbons (Fsp3) is 0.400. The van der Waals surface area contributed by atoms with E-state index in [-0.39, 0.29) is 6.61 Å². The lowest BCUT2D eigenvalue weighted by Crippen LogP contribution is -2.47. The third kappa shape index (κ3) is 4.21. The summed E-state index contributed by atoms with van der Waals surface area (Å²) in [6.45, 7) is 0.112. The van der Waals surface area contributed by atoms with Crippen LogP contribution >= 0.6 is 0 Å². The number of benzene rings is 1. The summed E-state index contributed by atoms with van der Waals surface area (Å²) in [6, 6.07) is 8.59. The highest BCUT2D eigenvalue weighted by molar-refractivity contribution is 5.88. The van der Waals surface area contributed by atoms with Crippen LogP contribution in [0.4, 0.5) is 4.79 Å². The first-order valence-corrected chi connectivity index (χ1v) is 7.05. The molecule has 1 aliphatic rings. The van der Waals surface area contributed by atoms with E-state index < -0.39 is 30.6 Å². The Morgan fingerprint density at radius 3 is 2.68 bits per heavy atom. The molecule has 7 heteroatoms. The number of carbonyl (C=O) groups is 3. The van der Waals surface area contributed by atoms with Crippen molar-refractivity contribution in [3.63, 3.8) is 0 Å². The Labute approximate surface area is 127 Å². The molecule has 2 rings (SSSR count). The molecular formula is C15H18N2O5. The molecule has 1 saturated heterocycles. The van der Waals surface area contributed by atoms with Gasteiger partial charge in [-0.2, -0.15) is 0 Å². The standard InChI is InChI=1S/C15H18N2O5/c18-13(19)9-16-14(20)12-7-4-8-17(12)15(21)22-10-11-5-2-1-3-6-11/h1-3,5-6,12H,4,7-10H2,(H,16,20)(H,18,19)/t12-/m1/s1. The first kappa shape index (κ1) is 15.8.